The van der Waals surface area contributed by atoms with Gasteiger partial charge in [-0.25, -0.2) is 5.43 Å². The maximum Gasteiger partial charge on any atom is 0.273 e. The highest BCUT2D eigenvalue weighted by Gasteiger charge is 2.17. The molecule has 0 saturated carbocycles. The van der Waals surface area contributed by atoms with Crippen molar-refractivity contribution in [1.82, 2.24) is 10.3 Å². The van der Waals surface area contributed by atoms with Crippen molar-refractivity contribution in [3.8, 4) is 11.3 Å². The fraction of sp³-hybridized carbons (Fsp3) is 0.368. The SMILES string of the molecule is Cc1cc(-c2ccc(/C=N\NC(=O)CN3CCOCC3)o2)cc([N+](=O)[O-])c1C. The number of carbonyl (C=O) groups is 1. The first-order valence-corrected chi connectivity index (χ1v) is 8.92. The summed E-state index contributed by atoms with van der Waals surface area (Å²) in [5.74, 6) is 0.713. The van der Waals surface area contributed by atoms with Crippen molar-refractivity contribution in [2.75, 3.05) is 32.8 Å². The number of benzene rings is 1. The minimum absolute atomic E-state index is 0.0528. The lowest BCUT2D eigenvalue weighted by atomic mass is 10.0. The maximum absolute atomic E-state index is 11.9. The van der Waals surface area contributed by atoms with Crippen molar-refractivity contribution >= 4 is 17.8 Å². The normalized spacial score (nSPS) is 15.1. The van der Waals surface area contributed by atoms with E-state index in [-0.39, 0.29) is 18.1 Å². The van der Waals surface area contributed by atoms with E-state index >= 15 is 0 Å². The first-order valence-electron chi connectivity index (χ1n) is 8.92. The van der Waals surface area contributed by atoms with Gasteiger partial charge >= 0.3 is 0 Å². The zero-order valence-electron chi connectivity index (χ0n) is 15.8. The Hall–Kier alpha value is -3.04. The van der Waals surface area contributed by atoms with Crippen LogP contribution in [-0.4, -0.2) is 54.8 Å². The smallest absolute Gasteiger partial charge is 0.273 e. The van der Waals surface area contributed by atoms with Crippen molar-refractivity contribution in [3.05, 3.63) is 51.3 Å². The van der Waals surface area contributed by atoms with Gasteiger partial charge in [0.2, 0.25) is 0 Å². The Kier molecular flexibility index (Phi) is 6.17. The van der Waals surface area contributed by atoms with Crippen LogP contribution in [0.3, 0.4) is 0 Å². The van der Waals surface area contributed by atoms with Crippen LogP contribution in [-0.2, 0) is 9.53 Å². The van der Waals surface area contributed by atoms with Gasteiger partial charge in [0.15, 0.2) is 0 Å². The highest BCUT2D eigenvalue weighted by molar-refractivity contribution is 5.82. The molecule has 0 radical (unpaired) electrons. The molecule has 9 nitrogen and oxygen atoms in total. The summed E-state index contributed by atoms with van der Waals surface area (Å²) in [5, 5.41) is 15.1. The molecule has 3 rings (SSSR count). The van der Waals surface area contributed by atoms with Crippen LogP contribution in [0.4, 0.5) is 5.69 Å². The van der Waals surface area contributed by atoms with Crippen molar-refractivity contribution < 1.29 is 18.9 Å². The number of hydrazone groups is 1. The number of rotatable bonds is 6. The Morgan fingerprint density at radius 1 is 1.32 bits per heavy atom. The van der Waals surface area contributed by atoms with Crippen molar-refractivity contribution in [2.45, 2.75) is 13.8 Å². The molecule has 1 aromatic heterocycles. The molecule has 1 aliphatic heterocycles. The lowest BCUT2D eigenvalue weighted by Gasteiger charge is -2.25. The molecule has 0 aliphatic carbocycles. The molecule has 148 valence electrons. The van der Waals surface area contributed by atoms with Gasteiger partial charge in [-0.1, -0.05) is 0 Å². The molecular weight excluding hydrogens is 364 g/mol. The monoisotopic (exact) mass is 386 g/mol. The minimum atomic E-state index is -0.402. The second kappa shape index (κ2) is 8.77. The molecule has 1 amide bonds. The van der Waals surface area contributed by atoms with E-state index in [0.29, 0.717) is 35.9 Å². The summed E-state index contributed by atoms with van der Waals surface area (Å²) in [4.78, 5) is 24.7. The second-order valence-electron chi connectivity index (χ2n) is 6.58. The lowest BCUT2D eigenvalue weighted by molar-refractivity contribution is -0.385. The summed E-state index contributed by atoms with van der Waals surface area (Å²) in [6, 6.07) is 6.73. The molecule has 0 bridgehead atoms. The third-order valence-corrected chi connectivity index (χ3v) is 4.60. The molecule has 28 heavy (non-hydrogen) atoms. The van der Waals surface area contributed by atoms with Gasteiger partial charge in [-0.3, -0.25) is 19.8 Å². The number of furan rings is 1. The van der Waals surface area contributed by atoms with Crippen LogP contribution in [0.2, 0.25) is 0 Å². The third kappa shape index (κ3) is 4.81. The third-order valence-electron chi connectivity index (χ3n) is 4.60. The van der Waals surface area contributed by atoms with E-state index in [1.807, 2.05) is 17.9 Å². The van der Waals surface area contributed by atoms with E-state index < -0.39 is 4.92 Å². The molecule has 1 fully saturated rings. The summed E-state index contributed by atoms with van der Waals surface area (Å²) in [6.45, 7) is 6.50. The highest BCUT2D eigenvalue weighted by Crippen LogP contribution is 2.30. The zero-order chi connectivity index (χ0) is 20.1. The van der Waals surface area contributed by atoms with E-state index in [9.17, 15) is 14.9 Å². The van der Waals surface area contributed by atoms with Crippen LogP contribution in [0.15, 0.2) is 33.8 Å². The number of hydrogen-bond donors (Lipinski definition) is 1. The molecule has 2 heterocycles. The number of amides is 1. The fourth-order valence-corrected chi connectivity index (χ4v) is 2.92. The minimum Gasteiger partial charge on any atom is -0.455 e. The van der Waals surface area contributed by atoms with Gasteiger partial charge in [-0.05, 0) is 37.6 Å². The average molecular weight is 386 g/mol. The number of nitro groups is 1. The molecule has 1 aliphatic rings. The molecule has 0 atom stereocenters. The van der Waals surface area contributed by atoms with Gasteiger partial charge in [0, 0.05) is 30.3 Å². The van der Waals surface area contributed by atoms with E-state index in [4.69, 9.17) is 9.15 Å². The van der Waals surface area contributed by atoms with Crippen molar-refractivity contribution in [2.24, 2.45) is 5.10 Å². The Balaban J connectivity index is 1.63. The van der Waals surface area contributed by atoms with Gasteiger partial charge < -0.3 is 9.15 Å². The van der Waals surface area contributed by atoms with Crippen LogP contribution < -0.4 is 5.43 Å². The summed E-state index contributed by atoms with van der Waals surface area (Å²) in [7, 11) is 0. The number of nitrogens with zero attached hydrogens (tertiary/aromatic N) is 3. The number of nitro benzene ring substituents is 1. The molecule has 1 N–H and O–H groups in total. The van der Waals surface area contributed by atoms with Crippen molar-refractivity contribution in [3.63, 3.8) is 0 Å². The van der Waals surface area contributed by atoms with Gasteiger partial charge in [-0.2, -0.15) is 5.10 Å². The predicted molar refractivity (Wildman–Crippen MR) is 103 cm³/mol. The number of morpholine rings is 1. The van der Waals surface area contributed by atoms with Crippen LogP contribution in [0.25, 0.3) is 11.3 Å². The van der Waals surface area contributed by atoms with Crippen LogP contribution in [0, 0.1) is 24.0 Å². The molecular formula is C19H22N4O5. The summed E-state index contributed by atoms with van der Waals surface area (Å²) < 4.78 is 10.9. The number of ether oxygens (including phenoxy) is 1. The highest BCUT2D eigenvalue weighted by atomic mass is 16.6. The number of aryl methyl sites for hydroxylation is 1. The molecule has 2 aromatic rings. The molecule has 1 saturated heterocycles. The maximum atomic E-state index is 11.9. The summed E-state index contributed by atoms with van der Waals surface area (Å²) >= 11 is 0. The quantitative estimate of drug-likeness (QED) is 0.463. The zero-order valence-corrected chi connectivity index (χ0v) is 15.8. The number of carbonyl (C=O) groups excluding carboxylic acids is 1. The van der Waals surface area contributed by atoms with E-state index in [1.165, 1.54) is 12.3 Å². The van der Waals surface area contributed by atoms with Crippen LogP contribution in [0.1, 0.15) is 16.9 Å². The predicted octanol–water partition coefficient (Wildman–Crippen LogP) is 2.25. The summed E-state index contributed by atoms with van der Waals surface area (Å²) in [5.41, 5.74) is 4.58. The molecule has 0 unspecified atom stereocenters. The van der Waals surface area contributed by atoms with Crippen molar-refractivity contribution in [1.29, 1.82) is 0 Å². The number of hydrogen-bond acceptors (Lipinski definition) is 7. The van der Waals surface area contributed by atoms with Crippen LogP contribution >= 0.6 is 0 Å². The Labute approximate surface area is 162 Å². The topological polar surface area (TPSA) is 110 Å². The standard InChI is InChI=1S/C19H22N4O5/c1-13-9-15(10-17(14(13)2)23(25)26)18-4-3-16(28-18)11-20-21-19(24)12-22-5-7-27-8-6-22/h3-4,9-11H,5-8,12H2,1-2H3,(H,21,24)/b20-11-. The average Bonchev–Trinajstić information content (AvgIpc) is 3.13. The van der Waals surface area contributed by atoms with Gasteiger partial charge in [0.05, 0.1) is 30.9 Å². The molecule has 1 aromatic carbocycles. The Morgan fingerprint density at radius 2 is 2.07 bits per heavy atom. The molecule has 9 heteroatoms. The first-order chi connectivity index (χ1) is 13.4. The first kappa shape index (κ1) is 19.7. The van der Waals surface area contributed by atoms with E-state index in [0.717, 1.165) is 18.7 Å². The molecule has 0 spiro atoms. The van der Waals surface area contributed by atoms with Gasteiger partial charge in [0.1, 0.15) is 11.5 Å². The summed E-state index contributed by atoms with van der Waals surface area (Å²) in [6.07, 6.45) is 1.40. The number of nitrogens with one attached hydrogen (secondary N) is 1. The lowest BCUT2D eigenvalue weighted by Crippen LogP contribution is -2.42. The van der Waals surface area contributed by atoms with Gasteiger partial charge in [0.25, 0.3) is 11.6 Å². The second-order valence-corrected chi connectivity index (χ2v) is 6.58. The fourth-order valence-electron chi connectivity index (χ4n) is 2.92. The largest absolute Gasteiger partial charge is 0.455 e. The Morgan fingerprint density at radius 3 is 2.79 bits per heavy atom. The Bertz CT molecular complexity index is 900. The van der Waals surface area contributed by atoms with E-state index in [2.05, 4.69) is 10.5 Å². The van der Waals surface area contributed by atoms with Gasteiger partial charge in [-0.15, -0.1) is 0 Å². The van der Waals surface area contributed by atoms with E-state index in [1.54, 1.807) is 19.1 Å². The van der Waals surface area contributed by atoms with Crippen LogP contribution in [0.5, 0.6) is 0 Å².